The number of nitrogens with one attached hydrogen (secondary N) is 1. The maximum absolute atomic E-state index is 14.0. The van der Waals surface area contributed by atoms with Crippen molar-refractivity contribution in [3.63, 3.8) is 0 Å². The monoisotopic (exact) mass is 328 g/mol. The molecule has 23 heavy (non-hydrogen) atoms. The first kappa shape index (κ1) is 15.1. The van der Waals surface area contributed by atoms with Gasteiger partial charge in [0.05, 0.1) is 18.9 Å². The van der Waals surface area contributed by atoms with Gasteiger partial charge in [-0.3, -0.25) is 0 Å². The Morgan fingerprint density at radius 1 is 1.22 bits per heavy atom. The number of nitrogens with zero attached hydrogens (tertiary/aromatic N) is 3. The summed E-state index contributed by atoms with van der Waals surface area (Å²) in [5, 5.41) is 11.0. The second-order valence-electron chi connectivity index (χ2n) is 4.63. The SMILES string of the molecule is COc1ccccc1/C=N\n1c(-c2ccccc2F)n[nH]c1=S. The average Bonchev–Trinajstić information content (AvgIpc) is 2.94. The first-order chi connectivity index (χ1) is 11.2. The number of rotatable bonds is 4. The van der Waals surface area contributed by atoms with Crippen LogP contribution in [0.3, 0.4) is 0 Å². The molecule has 1 heterocycles. The second-order valence-corrected chi connectivity index (χ2v) is 5.02. The van der Waals surface area contributed by atoms with Gasteiger partial charge in [-0.2, -0.15) is 14.9 Å². The minimum absolute atomic E-state index is 0.273. The smallest absolute Gasteiger partial charge is 0.216 e. The molecule has 3 rings (SSSR count). The molecule has 2 aromatic carbocycles. The summed E-state index contributed by atoms with van der Waals surface area (Å²) in [6.45, 7) is 0. The van der Waals surface area contributed by atoms with E-state index in [-0.39, 0.29) is 4.77 Å². The van der Waals surface area contributed by atoms with Crippen molar-refractivity contribution < 1.29 is 9.13 Å². The first-order valence-electron chi connectivity index (χ1n) is 6.80. The molecule has 116 valence electrons. The van der Waals surface area contributed by atoms with Crippen molar-refractivity contribution in [1.29, 1.82) is 0 Å². The number of benzene rings is 2. The van der Waals surface area contributed by atoms with Crippen LogP contribution >= 0.6 is 12.2 Å². The number of halogens is 1. The number of hydrogen-bond acceptors (Lipinski definition) is 4. The summed E-state index contributed by atoms with van der Waals surface area (Å²) in [7, 11) is 1.58. The standard InChI is InChI=1S/C16H13FN4OS/c1-22-14-9-5-2-6-11(14)10-18-21-15(19-20-16(21)23)12-7-3-4-8-13(12)17/h2-10H,1H3,(H,20,23)/b18-10-. The Hall–Kier alpha value is -2.80. The van der Waals surface area contributed by atoms with Gasteiger partial charge in [-0.1, -0.05) is 24.3 Å². The largest absolute Gasteiger partial charge is 0.496 e. The summed E-state index contributed by atoms with van der Waals surface area (Å²) < 4.78 is 20.9. The maximum Gasteiger partial charge on any atom is 0.216 e. The van der Waals surface area contributed by atoms with Crippen molar-refractivity contribution in [2.75, 3.05) is 7.11 Å². The van der Waals surface area contributed by atoms with E-state index in [1.54, 1.807) is 31.5 Å². The summed E-state index contributed by atoms with van der Waals surface area (Å²) >= 11 is 5.17. The lowest BCUT2D eigenvalue weighted by molar-refractivity contribution is 0.414. The number of H-pyrrole nitrogens is 1. The number of methoxy groups -OCH3 is 1. The predicted molar refractivity (Wildman–Crippen MR) is 88.8 cm³/mol. The van der Waals surface area contributed by atoms with Crippen molar-refractivity contribution in [2.24, 2.45) is 5.10 Å². The number of ether oxygens (including phenoxy) is 1. The van der Waals surface area contributed by atoms with Gasteiger partial charge in [-0.15, -0.1) is 0 Å². The van der Waals surface area contributed by atoms with E-state index in [0.717, 1.165) is 5.56 Å². The summed E-state index contributed by atoms with van der Waals surface area (Å²) in [5.74, 6) is 0.591. The highest BCUT2D eigenvalue weighted by atomic mass is 32.1. The van der Waals surface area contributed by atoms with Crippen LogP contribution in [0.2, 0.25) is 0 Å². The third-order valence-corrected chi connectivity index (χ3v) is 3.48. The van der Waals surface area contributed by atoms with Crippen LogP contribution in [0.4, 0.5) is 4.39 Å². The van der Waals surface area contributed by atoms with E-state index in [1.807, 2.05) is 24.3 Å². The lowest BCUT2D eigenvalue weighted by Gasteiger charge is -2.04. The fourth-order valence-electron chi connectivity index (χ4n) is 2.11. The van der Waals surface area contributed by atoms with Crippen LogP contribution in [0.15, 0.2) is 53.6 Å². The summed E-state index contributed by atoms with van der Waals surface area (Å²) in [4.78, 5) is 0. The van der Waals surface area contributed by atoms with Gasteiger partial charge >= 0.3 is 0 Å². The highest BCUT2D eigenvalue weighted by molar-refractivity contribution is 7.71. The van der Waals surface area contributed by atoms with Crippen LogP contribution in [0.5, 0.6) is 5.75 Å². The van der Waals surface area contributed by atoms with Gasteiger partial charge in [-0.05, 0) is 36.5 Å². The third kappa shape index (κ3) is 3.04. The van der Waals surface area contributed by atoms with Gasteiger partial charge in [0.1, 0.15) is 11.6 Å². The predicted octanol–water partition coefficient (Wildman–Crippen LogP) is 3.64. The van der Waals surface area contributed by atoms with E-state index in [2.05, 4.69) is 15.3 Å². The number of aromatic nitrogens is 3. The molecule has 7 heteroatoms. The van der Waals surface area contributed by atoms with Crippen molar-refractivity contribution in [1.82, 2.24) is 14.9 Å². The zero-order chi connectivity index (χ0) is 16.2. The van der Waals surface area contributed by atoms with Crippen LogP contribution in [-0.4, -0.2) is 28.2 Å². The van der Waals surface area contributed by atoms with Crippen LogP contribution in [-0.2, 0) is 0 Å². The van der Waals surface area contributed by atoms with Crippen LogP contribution in [0, 0.1) is 10.6 Å². The van der Waals surface area contributed by atoms with Gasteiger partial charge in [-0.25, -0.2) is 9.49 Å². The summed E-state index contributed by atoms with van der Waals surface area (Å²) in [6, 6.07) is 13.7. The Labute approximate surface area is 137 Å². The van der Waals surface area contributed by atoms with Gasteiger partial charge < -0.3 is 4.74 Å². The Kier molecular flexibility index (Phi) is 4.29. The minimum Gasteiger partial charge on any atom is -0.496 e. The number of para-hydroxylation sites is 1. The van der Waals surface area contributed by atoms with E-state index < -0.39 is 5.82 Å². The normalized spacial score (nSPS) is 11.0. The first-order valence-corrected chi connectivity index (χ1v) is 7.21. The topological polar surface area (TPSA) is 55.2 Å². The van der Waals surface area contributed by atoms with E-state index in [4.69, 9.17) is 17.0 Å². The average molecular weight is 328 g/mol. The molecule has 0 unspecified atom stereocenters. The molecule has 1 N–H and O–H groups in total. The number of hydrogen-bond donors (Lipinski definition) is 1. The van der Waals surface area contributed by atoms with E-state index in [1.165, 1.54) is 10.7 Å². The van der Waals surface area contributed by atoms with Crippen LogP contribution in [0.1, 0.15) is 5.56 Å². The van der Waals surface area contributed by atoms with Crippen molar-refractivity contribution in [3.8, 4) is 17.1 Å². The molecular formula is C16H13FN4OS. The molecule has 0 atom stereocenters. The van der Waals surface area contributed by atoms with Crippen molar-refractivity contribution in [2.45, 2.75) is 0 Å². The van der Waals surface area contributed by atoms with Gasteiger partial charge in [0, 0.05) is 5.56 Å². The Balaban J connectivity index is 2.05. The van der Waals surface area contributed by atoms with E-state index in [9.17, 15) is 4.39 Å². The van der Waals surface area contributed by atoms with E-state index in [0.29, 0.717) is 17.1 Å². The minimum atomic E-state index is -0.393. The van der Waals surface area contributed by atoms with Crippen molar-refractivity contribution in [3.05, 3.63) is 64.7 Å². The number of aromatic amines is 1. The maximum atomic E-state index is 14.0. The third-order valence-electron chi connectivity index (χ3n) is 3.22. The summed E-state index contributed by atoms with van der Waals surface area (Å²) in [6.07, 6.45) is 1.59. The Bertz CT molecular complexity index is 916. The summed E-state index contributed by atoms with van der Waals surface area (Å²) in [5.41, 5.74) is 1.09. The highest BCUT2D eigenvalue weighted by Crippen LogP contribution is 2.21. The van der Waals surface area contributed by atoms with Crippen LogP contribution < -0.4 is 4.74 Å². The fraction of sp³-hybridized carbons (Fsp3) is 0.0625. The van der Waals surface area contributed by atoms with Gasteiger partial charge in [0.15, 0.2) is 5.82 Å². The fourth-order valence-corrected chi connectivity index (χ4v) is 2.29. The molecule has 0 spiro atoms. The molecule has 0 saturated heterocycles. The lowest BCUT2D eigenvalue weighted by Crippen LogP contribution is -1.97. The molecule has 0 saturated carbocycles. The van der Waals surface area contributed by atoms with Gasteiger partial charge in [0.2, 0.25) is 4.77 Å². The molecule has 0 aliphatic carbocycles. The molecule has 0 aliphatic heterocycles. The Morgan fingerprint density at radius 3 is 2.74 bits per heavy atom. The zero-order valence-corrected chi connectivity index (χ0v) is 13.0. The zero-order valence-electron chi connectivity index (χ0n) is 12.2. The molecule has 0 amide bonds. The molecule has 3 aromatic rings. The highest BCUT2D eigenvalue weighted by Gasteiger charge is 2.12. The second kappa shape index (κ2) is 6.53. The lowest BCUT2D eigenvalue weighted by atomic mass is 10.2. The quantitative estimate of drug-likeness (QED) is 0.588. The molecule has 1 aromatic heterocycles. The molecule has 0 radical (unpaired) electrons. The Morgan fingerprint density at radius 2 is 1.96 bits per heavy atom. The molecule has 0 bridgehead atoms. The van der Waals surface area contributed by atoms with Crippen LogP contribution in [0.25, 0.3) is 11.4 Å². The van der Waals surface area contributed by atoms with E-state index >= 15 is 0 Å². The molecule has 5 nitrogen and oxygen atoms in total. The molecule has 0 fully saturated rings. The molecule has 0 aliphatic rings. The van der Waals surface area contributed by atoms with Gasteiger partial charge in [0.25, 0.3) is 0 Å². The van der Waals surface area contributed by atoms with Crippen molar-refractivity contribution >= 4 is 18.4 Å². The molecular weight excluding hydrogens is 315 g/mol.